The lowest BCUT2D eigenvalue weighted by Crippen LogP contribution is -2.63. The summed E-state index contributed by atoms with van der Waals surface area (Å²) in [5.74, 6) is -2.03. The number of benzene rings is 2. The number of aliphatic carboxylic acids is 1. The number of hydrogen-bond acceptors (Lipinski definition) is 3. The monoisotopic (exact) mass is 487 g/mol. The Hall–Kier alpha value is -3.29. The van der Waals surface area contributed by atoms with Gasteiger partial charge in [0.15, 0.2) is 5.54 Å². The lowest BCUT2D eigenvalue weighted by atomic mass is 9.85. The van der Waals surface area contributed by atoms with Gasteiger partial charge in [0, 0.05) is 21.7 Å². The fourth-order valence-corrected chi connectivity index (χ4v) is 3.76. The lowest BCUT2D eigenvalue weighted by molar-refractivity contribution is -0.146. The number of nitrogens with one attached hydrogen (secondary N) is 3. The largest absolute Gasteiger partial charge is 0.480 e. The molecule has 0 saturated carbocycles. The molecule has 1 aliphatic carbocycles. The summed E-state index contributed by atoms with van der Waals surface area (Å²) in [6.45, 7) is 2.72. The van der Waals surface area contributed by atoms with Crippen LogP contribution in [0.15, 0.2) is 72.8 Å². The van der Waals surface area contributed by atoms with E-state index in [-0.39, 0.29) is 5.92 Å². The molecule has 2 aromatic rings. The quantitative estimate of drug-likeness (QED) is 0.441. The van der Waals surface area contributed by atoms with Crippen LogP contribution in [0.5, 0.6) is 0 Å². The molecule has 0 atom stereocenters. The molecule has 0 radical (unpaired) electrons. The Morgan fingerprint density at radius 1 is 0.970 bits per heavy atom. The Bertz CT molecular complexity index is 1100. The highest BCUT2D eigenvalue weighted by atomic mass is 35.5. The van der Waals surface area contributed by atoms with Crippen molar-refractivity contribution in [1.29, 1.82) is 0 Å². The van der Waals surface area contributed by atoms with E-state index in [1.54, 1.807) is 24.3 Å². The summed E-state index contributed by atoms with van der Waals surface area (Å²) in [5, 5.41) is 17.8. The molecule has 9 heteroatoms. The van der Waals surface area contributed by atoms with Gasteiger partial charge in [-0.2, -0.15) is 0 Å². The highest BCUT2D eigenvalue weighted by Crippen LogP contribution is 2.28. The predicted octanol–water partition coefficient (Wildman–Crippen LogP) is 4.74. The molecule has 0 aromatic heterocycles. The number of rotatable bonds is 6. The first-order valence-electron chi connectivity index (χ1n) is 10.1. The van der Waals surface area contributed by atoms with E-state index >= 15 is 0 Å². The lowest BCUT2D eigenvalue weighted by Gasteiger charge is -2.34. The van der Waals surface area contributed by atoms with Crippen molar-refractivity contribution < 1.29 is 19.5 Å². The second-order valence-electron chi connectivity index (χ2n) is 8.15. The summed E-state index contributed by atoms with van der Waals surface area (Å²) in [6.07, 6.45) is 6.64. The number of carbonyl (C=O) groups excluding carboxylic acids is 2. The number of halogens is 2. The van der Waals surface area contributed by atoms with E-state index in [0.717, 1.165) is 5.56 Å². The average molecular weight is 488 g/mol. The molecule has 0 fully saturated rings. The van der Waals surface area contributed by atoms with E-state index in [2.05, 4.69) is 16.0 Å². The zero-order valence-electron chi connectivity index (χ0n) is 17.9. The molecule has 0 saturated heterocycles. The van der Waals surface area contributed by atoms with Crippen molar-refractivity contribution in [3.05, 3.63) is 88.4 Å². The second kappa shape index (κ2) is 9.68. The minimum absolute atomic E-state index is 0.115. The highest BCUT2D eigenvalue weighted by Gasteiger charge is 2.41. The Morgan fingerprint density at radius 2 is 1.55 bits per heavy atom. The van der Waals surface area contributed by atoms with Gasteiger partial charge in [-0.15, -0.1) is 0 Å². The van der Waals surface area contributed by atoms with E-state index in [4.69, 9.17) is 23.2 Å². The third-order valence-corrected chi connectivity index (χ3v) is 5.53. The highest BCUT2D eigenvalue weighted by molar-refractivity contribution is 6.35. The van der Waals surface area contributed by atoms with Gasteiger partial charge in [0.1, 0.15) is 5.54 Å². The van der Waals surface area contributed by atoms with Gasteiger partial charge in [0.2, 0.25) is 0 Å². The van der Waals surface area contributed by atoms with Gasteiger partial charge in [-0.25, -0.2) is 9.59 Å². The molecule has 0 bridgehead atoms. The molecule has 4 N–H and O–H groups in total. The molecule has 172 valence electrons. The summed E-state index contributed by atoms with van der Waals surface area (Å²) < 4.78 is 0. The van der Waals surface area contributed by atoms with Crippen LogP contribution in [-0.4, -0.2) is 34.1 Å². The van der Waals surface area contributed by atoms with E-state index < -0.39 is 29.0 Å². The number of allylic oxidation sites excluding steroid dienone is 2. The zero-order chi connectivity index (χ0) is 24.2. The van der Waals surface area contributed by atoms with Crippen molar-refractivity contribution in [2.75, 3.05) is 5.32 Å². The van der Waals surface area contributed by atoms with Gasteiger partial charge in [0.25, 0.3) is 5.91 Å². The molecular formula is C24H23Cl2N3O4. The fraction of sp³-hybridized carbons (Fsp3) is 0.208. The van der Waals surface area contributed by atoms with Crippen molar-refractivity contribution >= 4 is 46.8 Å². The van der Waals surface area contributed by atoms with Gasteiger partial charge >= 0.3 is 12.0 Å². The number of urea groups is 1. The van der Waals surface area contributed by atoms with Gasteiger partial charge in [-0.05, 0) is 49.8 Å². The van der Waals surface area contributed by atoms with Crippen LogP contribution < -0.4 is 16.0 Å². The zero-order valence-corrected chi connectivity index (χ0v) is 19.4. The first-order chi connectivity index (χ1) is 15.5. The summed E-state index contributed by atoms with van der Waals surface area (Å²) in [4.78, 5) is 37.5. The predicted molar refractivity (Wildman–Crippen MR) is 129 cm³/mol. The number of carbonyl (C=O) groups is 3. The first-order valence-corrected chi connectivity index (χ1v) is 10.8. The Balaban J connectivity index is 1.87. The molecule has 2 aromatic carbocycles. The van der Waals surface area contributed by atoms with Gasteiger partial charge < -0.3 is 21.1 Å². The molecule has 0 aliphatic heterocycles. The Morgan fingerprint density at radius 3 is 2.09 bits per heavy atom. The van der Waals surface area contributed by atoms with Crippen molar-refractivity contribution in [3.63, 3.8) is 0 Å². The summed E-state index contributed by atoms with van der Waals surface area (Å²) in [6, 6.07) is 13.4. The number of anilines is 1. The minimum Gasteiger partial charge on any atom is -0.480 e. The van der Waals surface area contributed by atoms with Gasteiger partial charge in [-0.3, -0.25) is 4.79 Å². The van der Waals surface area contributed by atoms with E-state index in [1.165, 1.54) is 32.0 Å². The molecule has 1 aliphatic rings. The Labute approximate surface area is 201 Å². The Kier molecular flexibility index (Phi) is 7.15. The van der Waals surface area contributed by atoms with Crippen molar-refractivity contribution in [2.24, 2.45) is 0 Å². The summed E-state index contributed by atoms with van der Waals surface area (Å²) in [7, 11) is 0. The number of hydrogen-bond donors (Lipinski definition) is 4. The van der Waals surface area contributed by atoms with Crippen molar-refractivity contribution in [1.82, 2.24) is 10.6 Å². The van der Waals surface area contributed by atoms with Crippen LogP contribution in [0.25, 0.3) is 0 Å². The second-order valence-corrected chi connectivity index (χ2v) is 9.02. The van der Waals surface area contributed by atoms with Gasteiger partial charge in [0.05, 0.1) is 0 Å². The average Bonchev–Trinajstić information content (AvgIpc) is 2.73. The maximum absolute atomic E-state index is 13.2. The molecule has 0 unspecified atom stereocenters. The van der Waals surface area contributed by atoms with Crippen LogP contribution in [0.3, 0.4) is 0 Å². The van der Waals surface area contributed by atoms with Crippen molar-refractivity contribution in [3.8, 4) is 0 Å². The van der Waals surface area contributed by atoms with E-state index in [1.807, 2.05) is 30.3 Å². The maximum Gasteiger partial charge on any atom is 0.328 e. The van der Waals surface area contributed by atoms with Crippen LogP contribution in [0, 0.1) is 0 Å². The minimum atomic E-state index is -1.62. The van der Waals surface area contributed by atoms with Gasteiger partial charge in [-0.1, -0.05) is 65.7 Å². The van der Waals surface area contributed by atoms with Crippen LogP contribution in [-0.2, 0) is 9.59 Å². The molecule has 0 heterocycles. The molecular weight excluding hydrogens is 465 g/mol. The van der Waals surface area contributed by atoms with Crippen LogP contribution in [0.1, 0.15) is 25.3 Å². The fourth-order valence-electron chi connectivity index (χ4n) is 3.24. The molecule has 7 nitrogen and oxygen atoms in total. The third-order valence-electron chi connectivity index (χ3n) is 5.09. The molecule has 3 amide bonds. The van der Waals surface area contributed by atoms with E-state index in [0.29, 0.717) is 15.7 Å². The number of carboxylic acid groups (broad SMARTS) is 1. The number of amides is 3. The SMILES string of the molecule is CC(C)(NC(=O)C1(NC(=O)Nc2cc(Cl)cc(Cl)c2)C=CC(c2ccccc2)C=C1)C(=O)O. The van der Waals surface area contributed by atoms with E-state index in [9.17, 15) is 19.5 Å². The standard InChI is InChI=1S/C24H23Cl2N3O4/c1-23(2,21(31)32)28-20(30)24(10-8-16(9-11-24)15-6-4-3-5-7-15)29-22(33)27-19-13-17(25)12-18(26)14-19/h3-14,16H,1-2H3,(H,28,30)(H,31,32)(H2,27,29,33). The summed E-state index contributed by atoms with van der Waals surface area (Å²) in [5.41, 5.74) is -1.84. The smallest absolute Gasteiger partial charge is 0.328 e. The topological polar surface area (TPSA) is 108 Å². The molecule has 3 rings (SSSR count). The van der Waals surface area contributed by atoms with Crippen LogP contribution in [0.4, 0.5) is 10.5 Å². The summed E-state index contributed by atoms with van der Waals surface area (Å²) >= 11 is 12.0. The normalized spacial score (nSPS) is 19.6. The third kappa shape index (κ3) is 5.94. The maximum atomic E-state index is 13.2. The van der Waals surface area contributed by atoms with Crippen LogP contribution >= 0.6 is 23.2 Å². The molecule has 33 heavy (non-hydrogen) atoms. The van der Waals surface area contributed by atoms with Crippen LogP contribution in [0.2, 0.25) is 10.0 Å². The van der Waals surface area contributed by atoms with Crippen molar-refractivity contribution in [2.45, 2.75) is 30.8 Å². The number of carboxylic acids is 1. The molecule has 0 spiro atoms. The first kappa shape index (κ1) is 24.4.